The van der Waals surface area contributed by atoms with Crippen molar-refractivity contribution in [2.75, 3.05) is 26.7 Å². The van der Waals surface area contributed by atoms with E-state index in [0.717, 1.165) is 60.9 Å². The van der Waals surface area contributed by atoms with Crippen LogP contribution in [0.1, 0.15) is 91.8 Å². The highest BCUT2D eigenvalue weighted by Gasteiger charge is 2.21. The summed E-state index contributed by atoms with van der Waals surface area (Å²) in [6.45, 7) is 22.9. The summed E-state index contributed by atoms with van der Waals surface area (Å²) in [6.07, 6.45) is 4.13. The van der Waals surface area contributed by atoms with Gasteiger partial charge in [-0.25, -0.2) is 0 Å². The van der Waals surface area contributed by atoms with E-state index in [9.17, 15) is 4.79 Å². The topological polar surface area (TPSA) is 69.1 Å². The number of amidine groups is 1. The SMILES string of the molecule is C=CC.CC.CC.CCC1=NC(CC)=C(C(=O)NCc2ccc(C(C)N=C3CNCCN3C)cc2)C1. The molecule has 0 aromatic heterocycles. The Morgan fingerprint density at radius 3 is 2.33 bits per heavy atom. The molecule has 1 atom stereocenters. The van der Waals surface area contributed by atoms with E-state index < -0.39 is 0 Å². The van der Waals surface area contributed by atoms with Gasteiger partial charge in [0.1, 0.15) is 5.84 Å². The second-order valence-corrected chi connectivity index (χ2v) is 8.14. The number of allylic oxidation sites excluding steroid dienone is 2. The van der Waals surface area contributed by atoms with Gasteiger partial charge >= 0.3 is 0 Å². The summed E-state index contributed by atoms with van der Waals surface area (Å²) in [7, 11) is 2.09. The van der Waals surface area contributed by atoms with Gasteiger partial charge in [-0.15, -0.1) is 6.58 Å². The number of nitrogens with one attached hydrogen (secondary N) is 2. The van der Waals surface area contributed by atoms with Crippen LogP contribution in [0.3, 0.4) is 0 Å². The van der Waals surface area contributed by atoms with Gasteiger partial charge in [0.15, 0.2) is 0 Å². The summed E-state index contributed by atoms with van der Waals surface area (Å²) in [5.41, 5.74) is 5.14. The zero-order valence-electron chi connectivity index (χ0n) is 24.4. The van der Waals surface area contributed by atoms with Crippen molar-refractivity contribution in [3.05, 3.63) is 59.3 Å². The van der Waals surface area contributed by atoms with Crippen molar-refractivity contribution in [3.8, 4) is 0 Å². The fourth-order valence-corrected chi connectivity index (χ4v) is 3.67. The highest BCUT2D eigenvalue weighted by Crippen LogP contribution is 2.24. The molecular weight excluding hydrogens is 446 g/mol. The van der Waals surface area contributed by atoms with Gasteiger partial charge < -0.3 is 15.5 Å². The van der Waals surface area contributed by atoms with Crippen LogP contribution in [-0.2, 0) is 11.3 Å². The van der Waals surface area contributed by atoms with Gasteiger partial charge in [0.25, 0.3) is 0 Å². The highest BCUT2D eigenvalue weighted by atomic mass is 16.1. The first-order chi connectivity index (χ1) is 17.4. The second kappa shape index (κ2) is 19.5. The van der Waals surface area contributed by atoms with Gasteiger partial charge in [0.2, 0.25) is 5.91 Å². The van der Waals surface area contributed by atoms with Crippen LogP contribution in [0, 0.1) is 0 Å². The maximum Gasteiger partial charge on any atom is 0.249 e. The molecule has 2 heterocycles. The lowest BCUT2D eigenvalue weighted by atomic mass is 10.1. The molecule has 1 saturated heterocycles. The minimum absolute atomic E-state index is 0.00531. The Labute approximate surface area is 221 Å². The Morgan fingerprint density at radius 1 is 1.19 bits per heavy atom. The van der Waals surface area contributed by atoms with Crippen LogP contribution in [0.4, 0.5) is 0 Å². The monoisotopic (exact) mass is 497 g/mol. The number of benzene rings is 1. The molecule has 0 spiro atoms. The van der Waals surface area contributed by atoms with Crippen molar-refractivity contribution in [1.29, 1.82) is 0 Å². The quantitative estimate of drug-likeness (QED) is 0.425. The summed E-state index contributed by atoms with van der Waals surface area (Å²) < 4.78 is 0. The van der Waals surface area contributed by atoms with Gasteiger partial charge in [-0.1, -0.05) is 71.9 Å². The maximum atomic E-state index is 12.6. The molecule has 2 aliphatic rings. The third-order valence-corrected chi connectivity index (χ3v) is 5.64. The van der Waals surface area contributed by atoms with E-state index >= 15 is 0 Å². The minimum atomic E-state index is 0.00531. The molecule has 2 aliphatic heterocycles. The van der Waals surface area contributed by atoms with Crippen molar-refractivity contribution < 1.29 is 4.79 Å². The van der Waals surface area contributed by atoms with Gasteiger partial charge in [-0.2, -0.15) is 0 Å². The molecule has 0 bridgehead atoms. The Bertz CT molecular complexity index is 868. The lowest BCUT2D eigenvalue weighted by Gasteiger charge is -2.28. The molecule has 2 N–H and O–H groups in total. The standard InChI is InChI=1S/C23H33N5O.C3H6.2C2H6/c1-5-19-13-20(21(6-2)27-19)23(29)25-14-17-7-9-18(10-8-17)16(3)26-22-15-24-11-12-28(22)4;1-3-2;2*1-2/h7-10,16,24H,5-6,11-15H2,1-4H3,(H,25,29);3H,1H2,2H3;2*1-2H3. The Balaban J connectivity index is 0.00000159. The Hall–Kier alpha value is -2.73. The molecule has 0 aliphatic carbocycles. The first kappa shape index (κ1) is 33.3. The third-order valence-electron chi connectivity index (χ3n) is 5.64. The predicted octanol–water partition coefficient (Wildman–Crippen LogP) is 6.46. The highest BCUT2D eigenvalue weighted by molar-refractivity contribution is 6.04. The van der Waals surface area contributed by atoms with Crippen LogP contribution >= 0.6 is 0 Å². The zero-order valence-corrected chi connectivity index (χ0v) is 24.4. The van der Waals surface area contributed by atoms with Crippen molar-refractivity contribution in [2.24, 2.45) is 9.98 Å². The fraction of sp³-hybridized carbons (Fsp3) is 0.567. The van der Waals surface area contributed by atoms with E-state index in [4.69, 9.17) is 4.99 Å². The van der Waals surface area contributed by atoms with E-state index in [-0.39, 0.29) is 11.9 Å². The summed E-state index contributed by atoms with van der Waals surface area (Å²) in [5, 5.41) is 6.43. The molecule has 1 aromatic carbocycles. The number of nitrogens with zero attached hydrogens (tertiary/aromatic N) is 3. The summed E-state index contributed by atoms with van der Waals surface area (Å²) in [5.74, 6) is 1.11. The average Bonchev–Trinajstić information content (AvgIpc) is 3.35. The number of rotatable bonds is 7. The molecule has 1 aromatic rings. The first-order valence-corrected chi connectivity index (χ1v) is 13.6. The van der Waals surface area contributed by atoms with Crippen molar-refractivity contribution in [1.82, 2.24) is 15.5 Å². The van der Waals surface area contributed by atoms with E-state index in [1.165, 1.54) is 5.56 Å². The lowest BCUT2D eigenvalue weighted by Crippen LogP contribution is -2.46. The number of hydrogen-bond acceptors (Lipinski definition) is 4. The molecule has 1 fully saturated rings. The third kappa shape index (κ3) is 10.9. The molecule has 0 radical (unpaired) electrons. The molecule has 3 rings (SSSR count). The molecule has 6 nitrogen and oxygen atoms in total. The fourth-order valence-electron chi connectivity index (χ4n) is 3.67. The van der Waals surface area contributed by atoms with E-state index in [1.54, 1.807) is 6.08 Å². The summed E-state index contributed by atoms with van der Waals surface area (Å²) >= 11 is 0. The number of carbonyl (C=O) groups is 1. The second-order valence-electron chi connectivity index (χ2n) is 8.14. The van der Waals surface area contributed by atoms with Gasteiger partial charge in [0.05, 0.1) is 12.6 Å². The van der Waals surface area contributed by atoms with Crippen molar-refractivity contribution >= 4 is 17.5 Å². The lowest BCUT2D eigenvalue weighted by molar-refractivity contribution is -0.117. The molecule has 6 heteroatoms. The van der Waals surface area contributed by atoms with Crippen LogP contribution in [0.2, 0.25) is 0 Å². The van der Waals surface area contributed by atoms with E-state index in [0.29, 0.717) is 13.0 Å². The number of carbonyl (C=O) groups excluding carboxylic acids is 1. The Morgan fingerprint density at radius 2 is 1.81 bits per heavy atom. The predicted molar refractivity (Wildman–Crippen MR) is 158 cm³/mol. The van der Waals surface area contributed by atoms with Crippen molar-refractivity contribution in [3.63, 3.8) is 0 Å². The van der Waals surface area contributed by atoms with E-state index in [2.05, 4.69) is 79.2 Å². The van der Waals surface area contributed by atoms with Crippen LogP contribution in [0.5, 0.6) is 0 Å². The van der Waals surface area contributed by atoms with Crippen LogP contribution in [0.15, 0.2) is 58.2 Å². The minimum Gasteiger partial charge on any atom is -0.361 e. The molecular formula is C30H51N5O. The smallest absolute Gasteiger partial charge is 0.249 e. The molecule has 1 unspecified atom stereocenters. The summed E-state index contributed by atoms with van der Waals surface area (Å²) in [4.78, 5) is 24.3. The number of amides is 1. The molecule has 36 heavy (non-hydrogen) atoms. The number of likely N-dealkylation sites (N-methyl/N-ethyl adjacent to an activating group) is 1. The average molecular weight is 498 g/mol. The van der Waals surface area contributed by atoms with Crippen LogP contribution in [-0.4, -0.2) is 49.0 Å². The molecule has 1 amide bonds. The number of hydrogen-bond donors (Lipinski definition) is 2. The molecule has 0 saturated carbocycles. The van der Waals surface area contributed by atoms with Gasteiger partial charge in [-0.05, 0) is 37.8 Å². The largest absolute Gasteiger partial charge is 0.361 e. The van der Waals surface area contributed by atoms with Gasteiger partial charge in [-0.3, -0.25) is 14.8 Å². The summed E-state index contributed by atoms with van der Waals surface area (Å²) in [6, 6.07) is 8.48. The number of piperazine rings is 1. The molecule has 202 valence electrons. The van der Waals surface area contributed by atoms with Crippen LogP contribution < -0.4 is 10.6 Å². The van der Waals surface area contributed by atoms with E-state index in [1.807, 2.05) is 34.6 Å². The first-order valence-electron chi connectivity index (χ1n) is 13.6. The maximum absolute atomic E-state index is 12.6. The zero-order chi connectivity index (χ0) is 27.5. The van der Waals surface area contributed by atoms with Gasteiger partial charge in [0, 0.05) is 50.1 Å². The van der Waals surface area contributed by atoms with Crippen LogP contribution in [0.25, 0.3) is 0 Å². The Kier molecular flexibility index (Phi) is 18.0. The number of aliphatic imine (C=N–C) groups is 2. The normalized spacial score (nSPS) is 16.4. The van der Waals surface area contributed by atoms with Crippen molar-refractivity contribution in [2.45, 2.75) is 87.2 Å².